The molecule has 29 heavy (non-hydrogen) atoms. The van der Waals surface area contributed by atoms with E-state index in [1.165, 1.54) is 0 Å². The van der Waals surface area contributed by atoms with Gasteiger partial charge in [0.25, 0.3) is 0 Å². The van der Waals surface area contributed by atoms with E-state index >= 15 is 0 Å². The second kappa shape index (κ2) is 15.2. The van der Waals surface area contributed by atoms with Gasteiger partial charge in [0.2, 0.25) is 0 Å². The topological polar surface area (TPSA) is 334 Å². The number of carbonyl (C=O) groups is 6. The number of aliphatic hydroxyl groups is 2. The Kier molecular flexibility index (Phi) is 19.5. The summed E-state index contributed by atoms with van der Waals surface area (Å²) in [7, 11) is 0. The molecule has 0 spiro atoms. The minimum Gasteiger partial charge on any atom is -0.481 e. The van der Waals surface area contributed by atoms with Gasteiger partial charge in [-0.3, -0.25) is 19.2 Å². The van der Waals surface area contributed by atoms with Crippen molar-refractivity contribution in [1.82, 2.24) is 12.3 Å². The van der Waals surface area contributed by atoms with Gasteiger partial charge >= 0.3 is 35.8 Å². The van der Waals surface area contributed by atoms with Crippen LogP contribution in [-0.2, 0) is 48.2 Å². The molecule has 0 amide bonds. The van der Waals surface area contributed by atoms with E-state index in [1.807, 2.05) is 0 Å². The first-order valence-electron chi connectivity index (χ1n) is 6.34. The quantitative estimate of drug-likeness (QED) is 0.147. The molecule has 0 fully saturated rings. The second-order valence-corrected chi connectivity index (χ2v) is 4.96. The summed E-state index contributed by atoms with van der Waals surface area (Å²) in [6.45, 7) is 0. The Morgan fingerprint density at radius 3 is 0.690 bits per heavy atom. The maximum Gasteiger partial charge on any atom is 0.336 e. The van der Waals surface area contributed by atoms with Gasteiger partial charge in [0.1, 0.15) is 0 Å². The molecule has 166 valence electrons. The molecule has 14 N–H and O–H groups in total. The number of hydrogen-bond donors (Lipinski definition) is 10. The Hall–Kier alpha value is -2.72. The van der Waals surface area contributed by atoms with Gasteiger partial charge in [0, 0.05) is 19.5 Å². The van der Waals surface area contributed by atoms with Crippen LogP contribution in [0.2, 0.25) is 0 Å². The Balaban J connectivity index is -0.000000120. The van der Waals surface area contributed by atoms with Gasteiger partial charge in [0.15, 0.2) is 11.2 Å². The molecule has 0 saturated carbocycles. The number of carboxylic acid groups (broad SMARTS) is 6. The molecule has 16 nitrogen and oxygen atoms in total. The van der Waals surface area contributed by atoms with Crippen molar-refractivity contribution in [2.45, 2.75) is 36.9 Å². The Morgan fingerprint density at radius 1 is 0.483 bits per heavy atom. The zero-order chi connectivity index (χ0) is 21.3. The Labute approximate surface area is 174 Å². The van der Waals surface area contributed by atoms with Crippen LogP contribution in [0.3, 0.4) is 0 Å². The first-order valence-corrected chi connectivity index (χ1v) is 6.34. The van der Waals surface area contributed by atoms with Crippen molar-refractivity contribution in [2.24, 2.45) is 0 Å². The summed E-state index contributed by atoms with van der Waals surface area (Å²) >= 11 is 0. The minimum absolute atomic E-state index is 0. The normalized spacial score (nSPS) is 9.72. The van der Waals surface area contributed by atoms with Crippen LogP contribution in [0.4, 0.5) is 0 Å². The fraction of sp³-hybridized carbons (Fsp3) is 0.500. The fourth-order valence-corrected chi connectivity index (χ4v) is 1.43. The van der Waals surface area contributed by atoms with E-state index in [1.54, 1.807) is 0 Å². The molecule has 0 atom stereocenters. The molecule has 0 bridgehead atoms. The minimum atomic E-state index is -2.74. The van der Waals surface area contributed by atoms with Crippen molar-refractivity contribution in [3.63, 3.8) is 0 Å². The fourth-order valence-electron chi connectivity index (χ4n) is 1.43. The summed E-state index contributed by atoms with van der Waals surface area (Å²) in [6.07, 6.45) is -4.58. The van der Waals surface area contributed by atoms with Crippen LogP contribution in [0.1, 0.15) is 25.7 Å². The van der Waals surface area contributed by atoms with E-state index in [-0.39, 0.29) is 31.8 Å². The predicted molar refractivity (Wildman–Crippen MR) is 84.2 cm³/mol. The van der Waals surface area contributed by atoms with Crippen molar-refractivity contribution in [2.75, 3.05) is 0 Å². The smallest absolute Gasteiger partial charge is 0.336 e. The van der Waals surface area contributed by atoms with E-state index in [9.17, 15) is 28.8 Å². The first kappa shape index (κ1) is 37.1. The van der Waals surface area contributed by atoms with Crippen molar-refractivity contribution >= 4 is 35.8 Å². The summed E-state index contributed by atoms with van der Waals surface area (Å²) in [5.41, 5.74) is -5.48. The summed E-state index contributed by atoms with van der Waals surface area (Å²) in [6, 6.07) is 0. The van der Waals surface area contributed by atoms with Gasteiger partial charge in [-0.15, -0.1) is 0 Å². The predicted octanol–water partition coefficient (Wildman–Crippen LogP) is -2.18. The molecule has 0 aromatic heterocycles. The first-order chi connectivity index (χ1) is 11.6. The maximum absolute atomic E-state index is 10.3. The van der Waals surface area contributed by atoms with Crippen LogP contribution < -0.4 is 12.3 Å². The van der Waals surface area contributed by atoms with E-state index in [0.717, 1.165) is 0 Å². The monoisotopic (exact) mass is 482 g/mol. The van der Waals surface area contributed by atoms with Gasteiger partial charge in [-0.05, 0) is 0 Å². The van der Waals surface area contributed by atoms with Crippen molar-refractivity contribution in [3.05, 3.63) is 0 Å². The van der Waals surface area contributed by atoms with Gasteiger partial charge in [-0.1, -0.05) is 0 Å². The Morgan fingerprint density at radius 2 is 0.621 bits per heavy atom. The van der Waals surface area contributed by atoms with E-state index in [2.05, 4.69) is 0 Å². The molecule has 0 aliphatic carbocycles. The van der Waals surface area contributed by atoms with Gasteiger partial charge in [0.05, 0.1) is 25.7 Å². The molecule has 0 aliphatic heterocycles. The maximum atomic E-state index is 10.3. The average molecular weight is 484 g/mol. The molecular weight excluding hydrogens is 462 g/mol. The average Bonchev–Trinajstić information content (AvgIpc) is 2.34. The van der Waals surface area contributed by atoms with Crippen LogP contribution in [0.25, 0.3) is 0 Å². The van der Waals surface area contributed by atoms with Crippen LogP contribution >= 0.6 is 0 Å². The number of rotatable bonds is 10. The van der Waals surface area contributed by atoms with Crippen LogP contribution in [-0.4, -0.2) is 87.9 Å². The molecular formula is C12H22N2O14Zn. The molecule has 0 aromatic rings. The summed E-state index contributed by atoms with van der Waals surface area (Å²) < 4.78 is 0. The molecule has 0 rings (SSSR count). The molecule has 0 aliphatic rings. The van der Waals surface area contributed by atoms with Gasteiger partial charge < -0.3 is 53.2 Å². The third-order valence-electron chi connectivity index (χ3n) is 2.57. The van der Waals surface area contributed by atoms with Crippen LogP contribution in [0, 0.1) is 0 Å². The second-order valence-electron chi connectivity index (χ2n) is 4.96. The number of aliphatic carboxylic acids is 6. The molecule has 0 unspecified atom stereocenters. The Bertz CT molecular complexity index is 523. The van der Waals surface area contributed by atoms with Crippen molar-refractivity contribution < 1.29 is 89.1 Å². The van der Waals surface area contributed by atoms with E-state index < -0.39 is 72.7 Å². The third kappa shape index (κ3) is 16.0. The zero-order valence-corrected chi connectivity index (χ0v) is 17.9. The third-order valence-corrected chi connectivity index (χ3v) is 2.57. The van der Waals surface area contributed by atoms with E-state index in [0.29, 0.717) is 0 Å². The van der Waals surface area contributed by atoms with Crippen LogP contribution in [0.5, 0.6) is 0 Å². The van der Waals surface area contributed by atoms with Gasteiger partial charge in [-0.25, -0.2) is 9.59 Å². The molecule has 0 radical (unpaired) electrons. The summed E-state index contributed by atoms with van der Waals surface area (Å²) in [5, 5.41) is 67.6. The summed E-state index contributed by atoms with van der Waals surface area (Å²) in [5.74, 6) is -10.0. The van der Waals surface area contributed by atoms with Crippen molar-refractivity contribution in [1.29, 1.82) is 0 Å². The van der Waals surface area contributed by atoms with Crippen LogP contribution in [0.15, 0.2) is 0 Å². The zero-order valence-electron chi connectivity index (χ0n) is 15.0. The number of carboxylic acids is 6. The summed E-state index contributed by atoms with van der Waals surface area (Å²) in [4.78, 5) is 61.0. The molecule has 0 saturated heterocycles. The van der Waals surface area contributed by atoms with Crippen molar-refractivity contribution in [3.8, 4) is 0 Å². The largest absolute Gasteiger partial charge is 0.481 e. The number of hydrogen-bond acceptors (Lipinski definition) is 10. The van der Waals surface area contributed by atoms with Gasteiger partial charge in [-0.2, -0.15) is 0 Å². The van der Waals surface area contributed by atoms with E-state index in [4.69, 9.17) is 40.9 Å². The molecule has 0 heterocycles. The SMILES string of the molecule is N.N.O=C(O)CC(O)(CC(=O)O)C(=O)O.O=C(O)CC(O)(CC(=O)O)C(=O)O.[Zn]. The molecule has 0 aromatic carbocycles. The standard InChI is InChI=1S/2C6H8O7.2H3N.Zn/c2*7-3(8)1-6(13,5(11)12)2-4(9)10;;;/h2*13H,1-2H2,(H,7,8)(H,9,10)(H,11,12);2*1H3;. The molecule has 17 heteroatoms.